The zero-order valence-corrected chi connectivity index (χ0v) is 14.9. The van der Waals surface area contributed by atoms with E-state index >= 15 is 0 Å². The molecule has 0 saturated heterocycles. The van der Waals surface area contributed by atoms with E-state index < -0.39 is 5.91 Å². The third kappa shape index (κ3) is 3.75. The Labute approximate surface area is 154 Å². The number of para-hydroxylation sites is 1. The molecule has 0 radical (unpaired) electrons. The molecule has 0 bridgehead atoms. The molecule has 0 aliphatic carbocycles. The summed E-state index contributed by atoms with van der Waals surface area (Å²) < 4.78 is 7.30. The summed E-state index contributed by atoms with van der Waals surface area (Å²) in [6, 6.07) is 13.6. The average Bonchev–Trinajstić information content (AvgIpc) is 2.57. The summed E-state index contributed by atoms with van der Waals surface area (Å²) in [5.74, 6) is 0.113. The smallest absolute Gasteiger partial charge is 0.276 e. The Morgan fingerprint density at radius 1 is 1.28 bits per heavy atom. The molecule has 2 N–H and O–H groups in total. The van der Waals surface area contributed by atoms with E-state index in [1.54, 1.807) is 48.5 Å². The fourth-order valence-electron chi connectivity index (χ4n) is 2.46. The van der Waals surface area contributed by atoms with Crippen LogP contribution in [0, 0.1) is 11.6 Å². The molecule has 0 fully saturated rings. The van der Waals surface area contributed by atoms with Gasteiger partial charge in [0.25, 0.3) is 5.91 Å². The zero-order valence-electron chi connectivity index (χ0n) is 13.3. The lowest BCUT2D eigenvalue weighted by molar-refractivity contribution is -0.119. The molecule has 3 aromatic rings. The Morgan fingerprint density at radius 2 is 2.04 bits per heavy atom. The second-order valence-electron chi connectivity index (χ2n) is 5.46. The number of halogens is 1. The number of benzene rings is 2. The quantitative estimate of drug-likeness (QED) is 0.672. The summed E-state index contributed by atoms with van der Waals surface area (Å²) in [6.07, 6.45) is 0. The molecule has 3 rings (SSSR count). The van der Waals surface area contributed by atoms with Crippen molar-refractivity contribution < 1.29 is 14.6 Å². The van der Waals surface area contributed by atoms with Crippen LogP contribution in [0.25, 0.3) is 10.9 Å². The number of pyridine rings is 1. The third-order valence-corrected chi connectivity index (χ3v) is 4.25. The Morgan fingerprint density at radius 3 is 2.80 bits per heavy atom. The Kier molecular flexibility index (Phi) is 4.92. The normalized spacial score (nSPS) is 10.6. The van der Waals surface area contributed by atoms with Crippen molar-refractivity contribution in [3.05, 3.63) is 63.8 Å². The summed E-state index contributed by atoms with van der Waals surface area (Å²) >= 11 is 11.3. The highest BCUT2D eigenvalue weighted by Crippen LogP contribution is 2.24. The summed E-state index contributed by atoms with van der Waals surface area (Å²) in [7, 11) is 0. The zero-order chi connectivity index (χ0) is 18.0. The minimum absolute atomic E-state index is 0.0859. The number of carbonyl (C=O) groups excluding carboxylic acids is 1. The summed E-state index contributed by atoms with van der Waals surface area (Å²) in [6.45, 7) is 1.70. The van der Waals surface area contributed by atoms with Gasteiger partial charge in [0.05, 0.1) is 10.5 Å². The van der Waals surface area contributed by atoms with Crippen LogP contribution in [0.5, 0.6) is 11.5 Å². The molecule has 0 saturated carbocycles. The predicted molar refractivity (Wildman–Crippen MR) is 100 cm³/mol. The van der Waals surface area contributed by atoms with Crippen LogP contribution in [0.4, 0.5) is 0 Å². The molecular weight excluding hydrogens is 360 g/mol. The first-order valence-corrected chi connectivity index (χ1v) is 8.27. The number of aromatic hydroxyl groups is 1. The molecule has 1 amide bonds. The predicted octanol–water partition coefficient (Wildman–Crippen LogP) is 4.19. The molecule has 1 aromatic heterocycles. The molecule has 0 aliphatic heterocycles. The van der Waals surface area contributed by atoms with Crippen molar-refractivity contribution in [2.45, 2.75) is 6.92 Å². The standard InChI is InChI=1S/C18H15ClN2O3S/c1-11-8-18(25)21(15-9-12(22)6-7-13(11)15)20-17(23)10-24-16-5-3-2-4-14(16)19/h2-9,22H,10H2,1H3,(H,20,23). The maximum Gasteiger partial charge on any atom is 0.276 e. The van der Waals surface area contributed by atoms with Gasteiger partial charge in [-0.1, -0.05) is 36.0 Å². The lowest BCUT2D eigenvalue weighted by atomic mass is 10.1. The number of carbonyl (C=O) groups is 1. The van der Waals surface area contributed by atoms with E-state index in [0.717, 1.165) is 10.9 Å². The van der Waals surface area contributed by atoms with Gasteiger partial charge >= 0.3 is 0 Å². The van der Waals surface area contributed by atoms with Crippen LogP contribution >= 0.6 is 23.8 Å². The molecule has 0 spiro atoms. The molecule has 0 aliphatic rings. The second-order valence-corrected chi connectivity index (χ2v) is 6.28. The second kappa shape index (κ2) is 7.13. The molecule has 25 heavy (non-hydrogen) atoms. The molecule has 7 heteroatoms. The maximum atomic E-state index is 12.3. The first-order valence-electron chi connectivity index (χ1n) is 7.48. The van der Waals surface area contributed by atoms with Crippen molar-refractivity contribution in [3.8, 4) is 11.5 Å². The number of nitrogens with zero attached hydrogens (tertiary/aromatic N) is 1. The van der Waals surface area contributed by atoms with Crippen LogP contribution in [0.2, 0.25) is 5.02 Å². The third-order valence-electron chi connectivity index (χ3n) is 3.64. The number of ether oxygens (including phenoxy) is 1. The summed E-state index contributed by atoms with van der Waals surface area (Å²) in [5.41, 5.74) is 4.26. The van der Waals surface area contributed by atoms with Crippen LogP contribution in [0.15, 0.2) is 48.5 Å². The van der Waals surface area contributed by atoms with Gasteiger partial charge in [-0.05, 0) is 42.8 Å². The SMILES string of the molecule is Cc1cc(=S)n(NC(=O)COc2ccccc2Cl)c2cc(O)ccc12. The molecule has 2 aromatic carbocycles. The van der Waals surface area contributed by atoms with Crippen LogP contribution < -0.4 is 10.2 Å². The van der Waals surface area contributed by atoms with E-state index in [1.165, 1.54) is 4.68 Å². The number of aryl methyl sites for hydroxylation is 1. The van der Waals surface area contributed by atoms with Crippen LogP contribution in [-0.4, -0.2) is 22.3 Å². The van der Waals surface area contributed by atoms with Crippen LogP contribution in [-0.2, 0) is 4.79 Å². The number of phenols is 1. The largest absolute Gasteiger partial charge is 0.508 e. The van der Waals surface area contributed by atoms with E-state index in [2.05, 4.69) is 5.43 Å². The van der Waals surface area contributed by atoms with Crippen molar-refractivity contribution in [1.29, 1.82) is 0 Å². The van der Waals surface area contributed by atoms with Gasteiger partial charge < -0.3 is 9.84 Å². The van der Waals surface area contributed by atoms with Crippen molar-refractivity contribution in [3.63, 3.8) is 0 Å². The maximum absolute atomic E-state index is 12.3. The van der Waals surface area contributed by atoms with Crippen molar-refractivity contribution >= 4 is 40.6 Å². The van der Waals surface area contributed by atoms with E-state index in [4.69, 9.17) is 28.6 Å². The molecule has 1 heterocycles. The topological polar surface area (TPSA) is 63.5 Å². The summed E-state index contributed by atoms with van der Waals surface area (Å²) in [5, 5.41) is 11.1. The van der Waals surface area contributed by atoms with E-state index in [-0.39, 0.29) is 12.4 Å². The number of aromatic nitrogens is 1. The first kappa shape index (κ1) is 17.3. The number of fused-ring (bicyclic) bond motifs is 1. The highest BCUT2D eigenvalue weighted by atomic mass is 35.5. The molecule has 0 unspecified atom stereocenters. The van der Waals surface area contributed by atoms with Gasteiger partial charge in [0, 0.05) is 11.5 Å². The Bertz CT molecular complexity index is 1020. The number of nitrogens with one attached hydrogen (secondary N) is 1. The van der Waals surface area contributed by atoms with Gasteiger partial charge in [-0.2, -0.15) is 0 Å². The van der Waals surface area contributed by atoms with Gasteiger partial charge in [0.15, 0.2) is 6.61 Å². The van der Waals surface area contributed by atoms with Gasteiger partial charge in [0.1, 0.15) is 16.1 Å². The van der Waals surface area contributed by atoms with Crippen LogP contribution in [0.3, 0.4) is 0 Å². The highest BCUT2D eigenvalue weighted by Gasteiger charge is 2.10. The van der Waals surface area contributed by atoms with E-state index in [9.17, 15) is 9.90 Å². The van der Waals surface area contributed by atoms with Crippen molar-refractivity contribution in [1.82, 2.24) is 4.68 Å². The number of rotatable bonds is 4. The summed E-state index contributed by atoms with van der Waals surface area (Å²) in [4.78, 5) is 12.3. The first-order chi connectivity index (χ1) is 12.0. The monoisotopic (exact) mass is 374 g/mol. The lowest BCUT2D eigenvalue weighted by Gasteiger charge is -2.15. The minimum Gasteiger partial charge on any atom is -0.508 e. The number of amides is 1. The lowest BCUT2D eigenvalue weighted by Crippen LogP contribution is -2.29. The molecular formula is C18H15ClN2O3S. The van der Waals surface area contributed by atoms with Crippen LogP contribution in [0.1, 0.15) is 5.56 Å². The molecule has 0 atom stereocenters. The number of hydrogen-bond acceptors (Lipinski definition) is 4. The van der Waals surface area contributed by atoms with Gasteiger partial charge in [-0.15, -0.1) is 0 Å². The Balaban J connectivity index is 1.85. The number of phenolic OH excluding ortho intramolecular Hbond substituents is 1. The fraction of sp³-hybridized carbons (Fsp3) is 0.111. The van der Waals surface area contributed by atoms with Crippen molar-refractivity contribution in [2.75, 3.05) is 12.0 Å². The van der Waals surface area contributed by atoms with Crippen molar-refractivity contribution in [2.24, 2.45) is 0 Å². The van der Waals surface area contributed by atoms with E-state index in [0.29, 0.717) is 20.9 Å². The van der Waals surface area contributed by atoms with Gasteiger partial charge in [-0.3, -0.25) is 10.2 Å². The van der Waals surface area contributed by atoms with Gasteiger partial charge in [0.2, 0.25) is 0 Å². The Hall–Kier alpha value is -2.57. The molecule has 5 nitrogen and oxygen atoms in total. The highest BCUT2D eigenvalue weighted by molar-refractivity contribution is 7.71. The number of hydrogen-bond donors (Lipinski definition) is 2. The minimum atomic E-state index is -0.399. The fourth-order valence-corrected chi connectivity index (χ4v) is 2.97. The average molecular weight is 375 g/mol. The van der Waals surface area contributed by atoms with Gasteiger partial charge in [-0.25, -0.2) is 4.68 Å². The van der Waals surface area contributed by atoms with E-state index in [1.807, 2.05) is 6.92 Å². The molecule has 128 valence electrons.